The van der Waals surface area contributed by atoms with E-state index in [2.05, 4.69) is 12.1 Å². The Morgan fingerprint density at radius 3 is 2.52 bits per heavy atom. The number of fused-ring (bicyclic) bond motifs is 1. The van der Waals surface area contributed by atoms with Crippen molar-refractivity contribution in [2.75, 3.05) is 19.6 Å². The van der Waals surface area contributed by atoms with E-state index < -0.39 is 0 Å². The fourth-order valence-corrected chi connectivity index (χ4v) is 4.11. The molecule has 0 aliphatic carbocycles. The summed E-state index contributed by atoms with van der Waals surface area (Å²) in [7, 11) is 1.73. The summed E-state index contributed by atoms with van der Waals surface area (Å²) >= 11 is 0. The highest BCUT2D eigenvalue weighted by Crippen LogP contribution is 2.33. The van der Waals surface area contributed by atoms with Gasteiger partial charge in [-0.1, -0.05) is 48.5 Å². The molecule has 1 aliphatic rings. The third kappa shape index (κ3) is 3.04. The van der Waals surface area contributed by atoms with E-state index in [1.807, 2.05) is 47.4 Å². The van der Waals surface area contributed by atoms with Gasteiger partial charge in [0.05, 0.1) is 11.1 Å². The maximum atomic E-state index is 13.3. The molecule has 2 N–H and O–H groups in total. The van der Waals surface area contributed by atoms with E-state index in [9.17, 15) is 9.59 Å². The SMILES string of the molecule is Cn1c(=O)cc(C(=O)N2C[C@@H](CN)[C@H](c3ccccc3)C2)c2ccccc21. The second kappa shape index (κ2) is 7.00. The van der Waals surface area contributed by atoms with Gasteiger partial charge in [0, 0.05) is 37.5 Å². The van der Waals surface area contributed by atoms with Crippen molar-refractivity contribution >= 4 is 16.8 Å². The molecule has 0 unspecified atom stereocenters. The molecule has 2 heterocycles. The minimum Gasteiger partial charge on any atom is -0.338 e. The van der Waals surface area contributed by atoms with Gasteiger partial charge in [0.15, 0.2) is 0 Å². The number of hydrogen-bond donors (Lipinski definition) is 1. The minimum atomic E-state index is -0.175. The number of carbonyl (C=O) groups excluding carboxylic acids is 1. The first-order chi connectivity index (χ1) is 13.1. The number of likely N-dealkylation sites (tertiary alicyclic amines) is 1. The van der Waals surface area contributed by atoms with E-state index in [0.29, 0.717) is 25.2 Å². The van der Waals surface area contributed by atoms with Crippen molar-refractivity contribution < 1.29 is 4.79 Å². The second-order valence-corrected chi connectivity index (χ2v) is 7.20. The highest BCUT2D eigenvalue weighted by molar-refractivity contribution is 6.06. The Morgan fingerprint density at radius 2 is 1.78 bits per heavy atom. The summed E-state index contributed by atoms with van der Waals surface area (Å²) in [6.07, 6.45) is 0. The predicted molar refractivity (Wildman–Crippen MR) is 107 cm³/mol. The Morgan fingerprint density at radius 1 is 1.07 bits per heavy atom. The number of nitrogens with zero attached hydrogens (tertiary/aromatic N) is 2. The van der Waals surface area contributed by atoms with Gasteiger partial charge in [-0.2, -0.15) is 0 Å². The Kier molecular flexibility index (Phi) is 4.54. The number of hydrogen-bond acceptors (Lipinski definition) is 3. The number of rotatable bonds is 3. The van der Waals surface area contributed by atoms with Crippen molar-refractivity contribution in [3.63, 3.8) is 0 Å². The van der Waals surface area contributed by atoms with Crippen molar-refractivity contribution in [1.82, 2.24) is 9.47 Å². The van der Waals surface area contributed by atoms with E-state index in [4.69, 9.17) is 5.73 Å². The van der Waals surface area contributed by atoms with Gasteiger partial charge >= 0.3 is 0 Å². The zero-order valence-electron chi connectivity index (χ0n) is 15.3. The monoisotopic (exact) mass is 361 g/mol. The molecule has 5 nitrogen and oxygen atoms in total. The zero-order valence-corrected chi connectivity index (χ0v) is 15.3. The first-order valence-corrected chi connectivity index (χ1v) is 9.23. The van der Waals surface area contributed by atoms with E-state index in [1.165, 1.54) is 11.6 Å². The molecule has 138 valence electrons. The molecular formula is C22H23N3O2. The molecule has 5 heteroatoms. The molecule has 0 saturated carbocycles. The molecule has 3 aromatic rings. The molecule has 1 fully saturated rings. The highest BCUT2D eigenvalue weighted by Gasteiger charge is 2.36. The van der Waals surface area contributed by atoms with Crippen LogP contribution in [-0.4, -0.2) is 35.0 Å². The Hall–Kier alpha value is -2.92. The molecule has 27 heavy (non-hydrogen) atoms. The van der Waals surface area contributed by atoms with Crippen molar-refractivity contribution in [3.8, 4) is 0 Å². The van der Waals surface area contributed by atoms with Crippen LogP contribution in [0.5, 0.6) is 0 Å². The van der Waals surface area contributed by atoms with Gasteiger partial charge in [-0.15, -0.1) is 0 Å². The van der Waals surface area contributed by atoms with Crippen molar-refractivity contribution in [2.24, 2.45) is 18.7 Å². The summed E-state index contributed by atoms with van der Waals surface area (Å²) in [6.45, 7) is 1.76. The summed E-state index contributed by atoms with van der Waals surface area (Å²) < 4.78 is 1.57. The van der Waals surface area contributed by atoms with Gasteiger partial charge in [-0.25, -0.2) is 0 Å². The van der Waals surface area contributed by atoms with Crippen LogP contribution in [0, 0.1) is 5.92 Å². The van der Waals surface area contributed by atoms with Crippen molar-refractivity contribution in [1.29, 1.82) is 0 Å². The fourth-order valence-electron chi connectivity index (χ4n) is 4.11. The molecule has 1 aliphatic heterocycles. The lowest BCUT2D eigenvalue weighted by Crippen LogP contribution is -2.31. The Labute approximate surface area is 158 Å². The van der Waals surface area contributed by atoms with Gasteiger partial charge in [-0.3, -0.25) is 9.59 Å². The molecule has 2 atom stereocenters. The van der Waals surface area contributed by atoms with Gasteiger partial charge < -0.3 is 15.2 Å². The van der Waals surface area contributed by atoms with Crippen LogP contribution in [-0.2, 0) is 7.05 Å². The van der Waals surface area contributed by atoms with Gasteiger partial charge in [0.1, 0.15) is 0 Å². The highest BCUT2D eigenvalue weighted by atomic mass is 16.2. The maximum Gasteiger partial charge on any atom is 0.254 e. The third-order valence-electron chi connectivity index (χ3n) is 5.64. The van der Waals surface area contributed by atoms with Crippen molar-refractivity contribution in [2.45, 2.75) is 5.92 Å². The predicted octanol–water partition coefficient (Wildman–Crippen LogP) is 2.35. The van der Waals surface area contributed by atoms with Crippen LogP contribution in [0.1, 0.15) is 21.8 Å². The number of aryl methyl sites for hydroxylation is 1. The summed E-state index contributed by atoms with van der Waals surface area (Å²) in [5.41, 5.74) is 8.27. The van der Waals surface area contributed by atoms with E-state index in [1.54, 1.807) is 11.6 Å². The Bertz CT molecular complexity index is 1040. The number of amides is 1. The van der Waals surface area contributed by atoms with Crippen LogP contribution in [0.4, 0.5) is 0 Å². The molecule has 0 radical (unpaired) electrons. The molecule has 0 bridgehead atoms. The lowest BCUT2D eigenvalue weighted by atomic mass is 9.89. The average Bonchev–Trinajstić information content (AvgIpc) is 3.15. The molecule has 0 spiro atoms. The topological polar surface area (TPSA) is 68.3 Å². The summed E-state index contributed by atoms with van der Waals surface area (Å²) in [6, 6.07) is 19.2. The minimum absolute atomic E-state index is 0.0965. The summed E-state index contributed by atoms with van der Waals surface area (Å²) in [5.74, 6) is 0.341. The summed E-state index contributed by atoms with van der Waals surface area (Å²) in [4.78, 5) is 27.5. The summed E-state index contributed by atoms with van der Waals surface area (Å²) in [5, 5.41) is 0.803. The average molecular weight is 361 g/mol. The number of aromatic nitrogens is 1. The van der Waals surface area contributed by atoms with E-state index in [-0.39, 0.29) is 23.3 Å². The van der Waals surface area contributed by atoms with Crippen LogP contribution in [0.15, 0.2) is 65.5 Å². The number of pyridine rings is 1. The van der Waals surface area contributed by atoms with Gasteiger partial charge in [-0.05, 0) is 24.1 Å². The molecule has 4 rings (SSSR count). The van der Waals surface area contributed by atoms with Crippen LogP contribution < -0.4 is 11.3 Å². The van der Waals surface area contributed by atoms with Gasteiger partial charge in [0.2, 0.25) is 0 Å². The van der Waals surface area contributed by atoms with Gasteiger partial charge in [0.25, 0.3) is 11.5 Å². The number of benzene rings is 2. The molecular weight excluding hydrogens is 338 g/mol. The fraction of sp³-hybridized carbons (Fsp3) is 0.273. The normalized spacial score (nSPS) is 19.6. The quantitative estimate of drug-likeness (QED) is 0.779. The third-order valence-corrected chi connectivity index (χ3v) is 5.64. The second-order valence-electron chi connectivity index (χ2n) is 7.20. The molecule has 1 aromatic heterocycles. The van der Waals surface area contributed by atoms with Crippen LogP contribution in [0.25, 0.3) is 10.9 Å². The number of carbonyl (C=O) groups is 1. The first-order valence-electron chi connectivity index (χ1n) is 9.23. The van der Waals surface area contributed by atoms with Crippen LogP contribution in [0.3, 0.4) is 0 Å². The van der Waals surface area contributed by atoms with E-state index in [0.717, 1.165) is 10.9 Å². The maximum absolute atomic E-state index is 13.3. The smallest absolute Gasteiger partial charge is 0.254 e. The first kappa shape index (κ1) is 17.5. The standard InChI is InChI=1S/C22H23N3O2/c1-24-20-10-6-5-9-17(20)18(11-21(24)26)22(27)25-13-16(12-23)19(14-25)15-7-3-2-4-8-15/h2-11,16,19H,12-14,23H2,1H3/t16-,19+/m1/s1. The van der Waals surface area contributed by atoms with Crippen LogP contribution in [0.2, 0.25) is 0 Å². The van der Waals surface area contributed by atoms with Crippen molar-refractivity contribution in [3.05, 3.63) is 82.1 Å². The number of nitrogens with two attached hydrogens (primary N) is 1. The van der Waals surface area contributed by atoms with E-state index >= 15 is 0 Å². The zero-order chi connectivity index (χ0) is 19.0. The lowest BCUT2D eigenvalue weighted by Gasteiger charge is -2.18. The Balaban J connectivity index is 1.71. The molecule has 1 amide bonds. The lowest BCUT2D eigenvalue weighted by molar-refractivity contribution is 0.0788. The largest absolute Gasteiger partial charge is 0.338 e. The van der Waals surface area contributed by atoms with Crippen LogP contribution >= 0.6 is 0 Å². The number of para-hydroxylation sites is 1. The molecule has 1 saturated heterocycles. The molecule has 2 aromatic carbocycles.